The fourth-order valence-corrected chi connectivity index (χ4v) is 4.04. The van der Waals surface area contributed by atoms with Gasteiger partial charge in [-0.05, 0) is 24.3 Å². The number of anilines is 1. The second kappa shape index (κ2) is 7.66. The average Bonchev–Trinajstić information content (AvgIpc) is 3.24. The molecule has 0 N–H and O–H groups in total. The van der Waals surface area contributed by atoms with Gasteiger partial charge in [-0.15, -0.1) is 0 Å². The van der Waals surface area contributed by atoms with Gasteiger partial charge in [0, 0.05) is 5.69 Å². The van der Waals surface area contributed by atoms with Crippen LogP contribution in [0.2, 0.25) is 0 Å². The highest BCUT2D eigenvalue weighted by atomic mass is 32.2. The minimum atomic E-state index is -4.74. The number of thioether (sulfide) groups is 1. The second-order valence-electron chi connectivity index (χ2n) is 5.56. The summed E-state index contributed by atoms with van der Waals surface area (Å²) in [7, 11) is 3.84. The molecular weight excluding hydrogens is 399 g/mol. The summed E-state index contributed by atoms with van der Waals surface area (Å²) in [6.45, 7) is 0. The van der Waals surface area contributed by atoms with Crippen LogP contribution in [-0.4, -0.2) is 50.3 Å². The third-order valence-corrected chi connectivity index (χ3v) is 5.23. The molecule has 1 unspecified atom stereocenters. The Hall–Kier alpha value is -2.82. The van der Waals surface area contributed by atoms with Crippen molar-refractivity contribution in [1.29, 1.82) is 0 Å². The van der Waals surface area contributed by atoms with Crippen molar-refractivity contribution in [3.05, 3.63) is 46.7 Å². The zero-order chi connectivity index (χ0) is 20.5. The van der Waals surface area contributed by atoms with Gasteiger partial charge in [0.05, 0.1) is 32.5 Å². The van der Waals surface area contributed by atoms with Crippen LogP contribution in [0.5, 0.6) is 5.75 Å². The molecule has 0 saturated heterocycles. The zero-order valence-electron chi connectivity index (χ0n) is 15.1. The van der Waals surface area contributed by atoms with Crippen LogP contribution >= 0.6 is 11.8 Å². The Bertz CT molecular complexity index is 852. The van der Waals surface area contributed by atoms with Crippen LogP contribution in [0.3, 0.4) is 0 Å². The number of fused-ring (bicyclic) bond motifs is 1. The number of alkyl halides is 3. The number of methoxy groups -OCH3 is 3. The lowest BCUT2D eigenvalue weighted by molar-refractivity contribution is -0.135. The minimum Gasteiger partial charge on any atom is -0.503 e. The molecule has 1 aromatic carbocycles. The van der Waals surface area contributed by atoms with Gasteiger partial charge in [-0.3, -0.25) is 4.90 Å². The summed E-state index contributed by atoms with van der Waals surface area (Å²) in [4.78, 5) is 13.3. The van der Waals surface area contributed by atoms with E-state index in [0.29, 0.717) is 11.4 Å². The Morgan fingerprint density at radius 3 is 2.43 bits per heavy atom. The largest absolute Gasteiger partial charge is 0.503 e. The third kappa shape index (κ3) is 3.49. The summed E-state index contributed by atoms with van der Waals surface area (Å²) < 4.78 is 55.9. The lowest BCUT2D eigenvalue weighted by Crippen LogP contribution is -2.36. The highest BCUT2D eigenvalue weighted by Gasteiger charge is 2.53. The van der Waals surface area contributed by atoms with Crippen LogP contribution in [0.15, 0.2) is 51.8 Å². The Morgan fingerprint density at radius 2 is 1.89 bits per heavy atom. The summed E-state index contributed by atoms with van der Waals surface area (Å²) in [5.74, 6) is -0.325. The van der Waals surface area contributed by atoms with Gasteiger partial charge in [0.15, 0.2) is 11.2 Å². The molecule has 0 aromatic heterocycles. The Kier molecular flexibility index (Phi) is 5.45. The molecule has 2 heterocycles. The molecule has 150 valence electrons. The molecule has 2 aliphatic heterocycles. The van der Waals surface area contributed by atoms with E-state index in [9.17, 15) is 18.0 Å². The maximum absolute atomic E-state index is 13.8. The Labute approximate surface area is 163 Å². The number of carbonyl (C=O) groups excluding carboxylic acids is 1. The maximum atomic E-state index is 13.8. The first-order chi connectivity index (χ1) is 13.3. The molecule has 0 amide bonds. The van der Waals surface area contributed by atoms with Crippen LogP contribution in [0, 0.1) is 0 Å². The number of carbonyl (C=O) groups is 1. The van der Waals surface area contributed by atoms with E-state index >= 15 is 0 Å². The monoisotopic (exact) mass is 415 g/mol. The first-order valence-corrected chi connectivity index (χ1v) is 8.75. The first-order valence-electron chi connectivity index (χ1n) is 7.87. The average molecular weight is 415 g/mol. The van der Waals surface area contributed by atoms with E-state index in [-0.39, 0.29) is 10.5 Å². The van der Waals surface area contributed by atoms with Crippen molar-refractivity contribution in [2.75, 3.05) is 26.2 Å². The van der Waals surface area contributed by atoms with Gasteiger partial charge in [-0.2, -0.15) is 18.3 Å². The maximum Gasteiger partial charge on any atom is 0.434 e. The fraction of sp³-hybridized carbons (Fsp3) is 0.294. The summed E-state index contributed by atoms with van der Waals surface area (Å²) in [5, 5.41) is 4.74. The topological polar surface area (TPSA) is 63.6 Å². The molecule has 0 fully saturated rings. The number of esters is 1. The van der Waals surface area contributed by atoms with Gasteiger partial charge in [-0.1, -0.05) is 11.8 Å². The molecule has 0 radical (unpaired) electrons. The van der Waals surface area contributed by atoms with E-state index in [1.54, 1.807) is 29.2 Å². The number of halogens is 3. The third-order valence-electron chi connectivity index (χ3n) is 3.94. The molecule has 11 heteroatoms. The van der Waals surface area contributed by atoms with Gasteiger partial charge < -0.3 is 14.2 Å². The van der Waals surface area contributed by atoms with Crippen LogP contribution in [0.25, 0.3) is 0 Å². The summed E-state index contributed by atoms with van der Waals surface area (Å²) in [5.41, 5.74) is -1.63. The number of hydrogen-bond acceptors (Lipinski definition) is 8. The molecule has 2 aliphatic rings. The van der Waals surface area contributed by atoms with Crippen molar-refractivity contribution in [2.45, 2.75) is 11.7 Å². The predicted molar refractivity (Wildman–Crippen MR) is 97.4 cm³/mol. The standard InChI is InChI=1S/C17H16F3N3O4S/c1-25-8-12(15(24)27-3)13-14(17(18,19)20)23-16(28-13)22(9-21-23)10-4-6-11(26-2)7-5-10/h4-9,16H,1-3H3. The van der Waals surface area contributed by atoms with Crippen molar-refractivity contribution >= 4 is 29.8 Å². The molecule has 0 aliphatic carbocycles. The van der Waals surface area contributed by atoms with Gasteiger partial charge >= 0.3 is 12.1 Å². The van der Waals surface area contributed by atoms with Gasteiger partial charge in [0.1, 0.15) is 17.7 Å². The molecule has 7 nitrogen and oxygen atoms in total. The summed E-state index contributed by atoms with van der Waals surface area (Å²) in [6, 6.07) is 6.78. The normalized spacial score (nSPS) is 19.2. The number of benzene rings is 1. The number of ether oxygens (including phenoxy) is 3. The molecule has 1 atom stereocenters. The first kappa shape index (κ1) is 19.9. The molecule has 0 saturated carbocycles. The van der Waals surface area contributed by atoms with Crippen LogP contribution in [-0.2, 0) is 14.3 Å². The van der Waals surface area contributed by atoms with E-state index in [1.165, 1.54) is 20.6 Å². The van der Waals surface area contributed by atoms with Gasteiger partial charge in [0.25, 0.3) is 0 Å². The van der Waals surface area contributed by atoms with Crippen molar-refractivity contribution < 1.29 is 32.2 Å². The minimum absolute atomic E-state index is 0.318. The van der Waals surface area contributed by atoms with Crippen molar-refractivity contribution in [3.63, 3.8) is 0 Å². The number of rotatable bonds is 5. The molecule has 28 heavy (non-hydrogen) atoms. The Balaban J connectivity index is 2.00. The number of hydrogen-bond donors (Lipinski definition) is 0. The van der Waals surface area contributed by atoms with Crippen molar-refractivity contribution in [2.24, 2.45) is 5.10 Å². The van der Waals surface area contributed by atoms with Crippen LogP contribution in [0.4, 0.5) is 18.9 Å². The quantitative estimate of drug-likeness (QED) is 0.416. The van der Waals surface area contributed by atoms with E-state index in [1.807, 2.05) is 0 Å². The summed E-state index contributed by atoms with van der Waals surface area (Å²) in [6.07, 6.45) is -2.51. The van der Waals surface area contributed by atoms with Crippen LogP contribution in [0.1, 0.15) is 0 Å². The highest BCUT2D eigenvalue weighted by Crippen LogP contribution is 2.51. The second-order valence-corrected chi connectivity index (χ2v) is 6.62. The highest BCUT2D eigenvalue weighted by molar-refractivity contribution is 8.04. The van der Waals surface area contributed by atoms with Crippen molar-refractivity contribution in [3.8, 4) is 5.75 Å². The number of nitrogens with zero attached hydrogens (tertiary/aromatic N) is 3. The van der Waals surface area contributed by atoms with Gasteiger partial charge in [-0.25, -0.2) is 9.80 Å². The lowest BCUT2D eigenvalue weighted by Gasteiger charge is -2.25. The SMILES string of the molecule is COC=C(C(=O)OC)C1=C(C(F)(F)F)N2N=CN(c3ccc(OC)cc3)C2S1. The molecule has 3 rings (SSSR count). The van der Waals surface area contributed by atoms with E-state index in [2.05, 4.69) is 9.84 Å². The molecular formula is C17H16F3N3O4S. The summed E-state index contributed by atoms with van der Waals surface area (Å²) >= 11 is 0.827. The Morgan fingerprint density at radius 1 is 1.21 bits per heavy atom. The van der Waals surface area contributed by atoms with Gasteiger partial charge in [0.2, 0.25) is 0 Å². The molecule has 0 spiro atoms. The van der Waals surface area contributed by atoms with Crippen LogP contribution < -0.4 is 9.64 Å². The zero-order valence-corrected chi connectivity index (χ0v) is 15.9. The van der Waals surface area contributed by atoms with E-state index < -0.39 is 23.3 Å². The fourth-order valence-electron chi connectivity index (χ4n) is 2.70. The van der Waals surface area contributed by atoms with E-state index in [4.69, 9.17) is 9.47 Å². The number of hydrazone groups is 1. The lowest BCUT2D eigenvalue weighted by atomic mass is 10.2. The molecule has 0 bridgehead atoms. The predicted octanol–water partition coefficient (Wildman–Crippen LogP) is 3.27. The smallest absolute Gasteiger partial charge is 0.434 e. The number of allylic oxidation sites excluding steroid dienone is 1. The molecule has 1 aromatic rings. The van der Waals surface area contributed by atoms with Crippen molar-refractivity contribution in [1.82, 2.24) is 5.01 Å². The van der Waals surface area contributed by atoms with E-state index in [0.717, 1.165) is 30.1 Å².